The van der Waals surface area contributed by atoms with E-state index in [9.17, 15) is 9.59 Å². The standard InChI is InChI=1S/C23H20N4O3/c1-16-6-9-18(10-7-16)25-23(29)13-27-19(12-24-26-27)15-30-22-11-8-17-4-2-3-5-20(17)21(22)14-28/h2-12,14H,13,15H2,1H3,(H,25,29). The van der Waals surface area contributed by atoms with Crippen LogP contribution in [0.4, 0.5) is 5.69 Å². The highest BCUT2D eigenvalue weighted by Gasteiger charge is 2.12. The lowest BCUT2D eigenvalue weighted by Crippen LogP contribution is -2.21. The molecule has 3 aromatic carbocycles. The fraction of sp³-hybridized carbons (Fsp3) is 0.130. The van der Waals surface area contributed by atoms with Crippen LogP contribution in [0.15, 0.2) is 66.9 Å². The number of hydrogen-bond acceptors (Lipinski definition) is 5. The number of benzene rings is 3. The van der Waals surface area contributed by atoms with Gasteiger partial charge in [0.25, 0.3) is 0 Å². The Bertz CT molecular complexity index is 1200. The Morgan fingerprint density at radius 3 is 2.70 bits per heavy atom. The number of nitrogens with zero attached hydrogens (tertiary/aromatic N) is 3. The molecule has 30 heavy (non-hydrogen) atoms. The van der Waals surface area contributed by atoms with Crippen LogP contribution in [0.3, 0.4) is 0 Å². The molecule has 0 unspecified atom stereocenters. The molecule has 4 aromatic rings. The lowest BCUT2D eigenvalue weighted by atomic mass is 10.0. The van der Waals surface area contributed by atoms with Gasteiger partial charge in [0, 0.05) is 5.69 Å². The molecule has 0 saturated carbocycles. The third-order valence-electron chi connectivity index (χ3n) is 4.75. The van der Waals surface area contributed by atoms with Crippen LogP contribution in [-0.4, -0.2) is 27.2 Å². The summed E-state index contributed by atoms with van der Waals surface area (Å²) < 4.78 is 7.35. The van der Waals surface area contributed by atoms with E-state index in [2.05, 4.69) is 15.6 Å². The van der Waals surface area contributed by atoms with E-state index in [0.717, 1.165) is 28.3 Å². The molecule has 4 rings (SSSR count). The summed E-state index contributed by atoms with van der Waals surface area (Å²) in [5, 5.41) is 12.5. The van der Waals surface area contributed by atoms with Crippen molar-refractivity contribution >= 4 is 28.7 Å². The number of aldehydes is 1. The van der Waals surface area contributed by atoms with Crippen LogP contribution in [0, 0.1) is 6.92 Å². The highest BCUT2D eigenvalue weighted by molar-refractivity contribution is 6.00. The lowest BCUT2D eigenvalue weighted by Gasteiger charge is -2.12. The number of carbonyl (C=O) groups is 2. The number of hydrogen-bond donors (Lipinski definition) is 1. The van der Waals surface area contributed by atoms with Gasteiger partial charge in [0.15, 0.2) is 6.29 Å². The van der Waals surface area contributed by atoms with Gasteiger partial charge in [-0.05, 0) is 35.9 Å². The Morgan fingerprint density at radius 1 is 1.10 bits per heavy atom. The molecule has 1 heterocycles. The number of aryl methyl sites for hydroxylation is 1. The Labute approximate surface area is 173 Å². The van der Waals surface area contributed by atoms with E-state index < -0.39 is 0 Å². The molecular formula is C23H20N4O3. The smallest absolute Gasteiger partial charge is 0.246 e. The first-order chi connectivity index (χ1) is 14.6. The van der Waals surface area contributed by atoms with Crippen molar-refractivity contribution in [1.82, 2.24) is 15.0 Å². The number of aromatic nitrogens is 3. The number of carbonyl (C=O) groups excluding carboxylic acids is 2. The number of fused-ring (bicyclic) bond motifs is 1. The Kier molecular flexibility index (Phi) is 5.52. The average Bonchev–Trinajstić information content (AvgIpc) is 3.20. The van der Waals surface area contributed by atoms with Gasteiger partial charge in [-0.1, -0.05) is 53.2 Å². The van der Waals surface area contributed by atoms with Crippen molar-refractivity contribution in [3.8, 4) is 5.75 Å². The molecule has 0 aliphatic heterocycles. The molecular weight excluding hydrogens is 380 g/mol. The van der Waals surface area contributed by atoms with Crippen molar-refractivity contribution in [1.29, 1.82) is 0 Å². The second-order valence-corrected chi connectivity index (χ2v) is 6.90. The van der Waals surface area contributed by atoms with Gasteiger partial charge >= 0.3 is 0 Å². The highest BCUT2D eigenvalue weighted by Crippen LogP contribution is 2.27. The summed E-state index contributed by atoms with van der Waals surface area (Å²) in [6.07, 6.45) is 2.34. The summed E-state index contributed by atoms with van der Waals surface area (Å²) in [6, 6.07) is 18.8. The van der Waals surface area contributed by atoms with Gasteiger partial charge in [0.2, 0.25) is 5.91 Å². The molecule has 0 bridgehead atoms. The van der Waals surface area contributed by atoms with Gasteiger partial charge < -0.3 is 10.1 Å². The molecule has 0 aliphatic carbocycles. The van der Waals surface area contributed by atoms with Crippen LogP contribution in [0.1, 0.15) is 21.6 Å². The number of anilines is 1. The number of amides is 1. The molecule has 0 fully saturated rings. The number of ether oxygens (including phenoxy) is 1. The summed E-state index contributed by atoms with van der Waals surface area (Å²) in [6.45, 7) is 2.12. The Balaban J connectivity index is 1.45. The van der Waals surface area contributed by atoms with Gasteiger partial charge in [0.1, 0.15) is 18.9 Å². The zero-order valence-corrected chi connectivity index (χ0v) is 16.4. The second kappa shape index (κ2) is 8.57. The van der Waals surface area contributed by atoms with E-state index in [4.69, 9.17) is 4.74 Å². The van der Waals surface area contributed by atoms with E-state index >= 15 is 0 Å². The molecule has 1 aromatic heterocycles. The van der Waals surface area contributed by atoms with Crippen molar-refractivity contribution in [3.63, 3.8) is 0 Å². The van der Waals surface area contributed by atoms with E-state index in [0.29, 0.717) is 17.0 Å². The quantitative estimate of drug-likeness (QED) is 0.477. The molecule has 7 nitrogen and oxygen atoms in total. The maximum Gasteiger partial charge on any atom is 0.246 e. The van der Waals surface area contributed by atoms with Crippen molar-refractivity contribution in [2.75, 3.05) is 5.32 Å². The van der Waals surface area contributed by atoms with Gasteiger partial charge in [-0.3, -0.25) is 9.59 Å². The van der Waals surface area contributed by atoms with Crippen LogP contribution in [0.2, 0.25) is 0 Å². The minimum Gasteiger partial charge on any atom is -0.486 e. The highest BCUT2D eigenvalue weighted by atomic mass is 16.5. The van der Waals surface area contributed by atoms with E-state index in [1.54, 1.807) is 12.3 Å². The zero-order valence-electron chi connectivity index (χ0n) is 16.4. The van der Waals surface area contributed by atoms with E-state index in [1.165, 1.54) is 4.68 Å². The fourth-order valence-electron chi connectivity index (χ4n) is 3.17. The number of nitrogens with one attached hydrogen (secondary N) is 1. The SMILES string of the molecule is Cc1ccc(NC(=O)Cn2nncc2COc2ccc3ccccc3c2C=O)cc1. The summed E-state index contributed by atoms with van der Waals surface area (Å²) in [4.78, 5) is 24.0. The van der Waals surface area contributed by atoms with Crippen LogP contribution in [0.25, 0.3) is 10.8 Å². The fourth-order valence-corrected chi connectivity index (χ4v) is 3.17. The maximum absolute atomic E-state index is 12.4. The normalized spacial score (nSPS) is 10.7. The molecule has 0 aliphatic rings. The largest absolute Gasteiger partial charge is 0.486 e. The Hall–Kier alpha value is -4.00. The Morgan fingerprint density at radius 2 is 1.90 bits per heavy atom. The molecule has 0 atom stereocenters. The second-order valence-electron chi connectivity index (χ2n) is 6.90. The molecule has 150 valence electrons. The van der Waals surface area contributed by atoms with Crippen LogP contribution in [-0.2, 0) is 17.9 Å². The third kappa shape index (κ3) is 4.20. The van der Waals surface area contributed by atoms with Gasteiger partial charge in [0.05, 0.1) is 17.5 Å². The van der Waals surface area contributed by atoms with E-state index in [-0.39, 0.29) is 19.1 Å². The summed E-state index contributed by atoms with van der Waals surface area (Å²) in [7, 11) is 0. The molecule has 1 amide bonds. The first-order valence-corrected chi connectivity index (χ1v) is 9.47. The predicted octanol–water partition coefficient (Wildman–Crippen LogP) is 3.77. The molecule has 0 spiro atoms. The number of rotatable bonds is 7. The van der Waals surface area contributed by atoms with Gasteiger partial charge in [-0.25, -0.2) is 4.68 Å². The van der Waals surface area contributed by atoms with Crippen LogP contribution >= 0.6 is 0 Å². The molecule has 0 radical (unpaired) electrons. The monoisotopic (exact) mass is 400 g/mol. The molecule has 1 N–H and O–H groups in total. The van der Waals surface area contributed by atoms with E-state index in [1.807, 2.05) is 61.5 Å². The molecule has 0 saturated heterocycles. The van der Waals surface area contributed by atoms with Crippen molar-refractivity contribution < 1.29 is 14.3 Å². The predicted molar refractivity (Wildman–Crippen MR) is 113 cm³/mol. The van der Waals surface area contributed by atoms with Crippen molar-refractivity contribution in [3.05, 3.63) is 83.7 Å². The van der Waals surface area contributed by atoms with Gasteiger partial charge in [-0.15, -0.1) is 5.10 Å². The average molecular weight is 400 g/mol. The first kappa shape index (κ1) is 19.3. The van der Waals surface area contributed by atoms with Crippen LogP contribution < -0.4 is 10.1 Å². The first-order valence-electron chi connectivity index (χ1n) is 9.47. The minimum atomic E-state index is -0.218. The lowest BCUT2D eigenvalue weighted by molar-refractivity contribution is -0.117. The van der Waals surface area contributed by atoms with Crippen molar-refractivity contribution in [2.45, 2.75) is 20.1 Å². The topological polar surface area (TPSA) is 86.1 Å². The zero-order chi connectivity index (χ0) is 20.9. The van der Waals surface area contributed by atoms with Crippen LogP contribution in [0.5, 0.6) is 5.75 Å². The van der Waals surface area contributed by atoms with Crippen molar-refractivity contribution in [2.24, 2.45) is 0 Å². The summed E-state index contributed by atoms with van der Waals surface area (Å²) in [5.41, 5.74) is 2.95. The summed E-state index contributed by atoms with van der Waals surface area (Å²) in [5.74, 6) is 0.255. The molecule has 7 heteroatoms. The maximum atomic E-state index is 12.4. The summed E-state index contributed by atoms with van der Waals surface area (Å²) >= 11 is 0. The third-order valence-corrected chi connectivity index (χ3v) is 4.75. The van der Waals surface area contributed by atoms with Gasteiger partial charge in [-0.2, -0.15) is 0 Å². The minimum absolute atomic E-state index is 0.00479.